The molecule has 0 saturated carbocycles. The summed E-state index contributed by atoms with van der Waals surface area (Å²) in [5.74, 6) is 0.0372. The van der Waals surface area contributed by atoms with Crippen LogP contribution in [0.25, 0.3) is 0 Å². The molecule has 1 amide bonds. The monoisotopic (exact) mass is 312 g/mol. The van der Waals surface area contributed by atoms with E-state index in [1.54, 1.807) is 11.8 Å². The van der Waals surface area contributed by atoms with Gasteiger partial charge in [0, 0.05) is 31.1 Å². The largest absolute Gasteiger partial charge is 0.393 e. The number of nitro benzene ring substituents is 1. The number of rotatable bonds is 4. The molecule has 21 heavy (non-hydrogen) atoms. The van der Waals surface area contributed by atoms with E-state index in [9.17, 15) is 20.0 Å². The number of hydrogen-bond acceptors (Lipinski definition) is 4. The number of benzene rings is 1. The summed E-state index contributed by atoms with van der Waals surface area (Å²) in [7, 11) is 0. The van der Waals surface area contributed by atoms with Gasteiger partial charge in [0.25, 0.3) is 5.69 Å². The average molecular weight is 313 g/mol. The minimum Gasteiger partial charge on any atom is -0.393 e. The van der Waals surface area contributed by atoms with Crippen LogP contribution in [0.2, 0.25) is 5.02 Å². The van der Waals surface area contributed by atoms with Gasteiger partial charge in [0.1, 0.15) is 0 Å². The molecule has 0 bridgehead atoms. The van der Waals surface area contributed by atoms with Gasteiger partial charge in [-0.1, -0.05) is 17.7 Å². The number of halogens is 1. The number of nitro groups is 1. The summed E-state index contributed by atoms with van der Waals surface area (Å²) in [4.78, 5) is 24.0. The van der Waals surface area contributed by atoms with Gasteiger partial charge in [0.05, 0.1) is 22.5 Å². The van der Waals surface area contributed by atoms with Crippen molar-refractivity contribution in [3.05, 3.63) is 38.9 Å². The summed E-state index contributed by atoms with van der Waals surface area (Å²) < 4.78 is 0. The Bertz CT molecular complexity index is 562. The van der Waals surface area contributed by atoms with Crippen LogP contribution in [0.15, 0.2) is 18.2 Å². The molecule has 1 aliphatic rings. The van der Waals surface area contributed by atoms with Crippen molar-refractivity contribution in [2.45, 2.75) is 25.9 Å². The second-order valence-electron chi connectivity index (χ2n) is 5.34. The molecule has 2 atom stereocenters. The number of amides is 1. The van der Waals surface area contributed by atoms with E-state index in [0.29, 0.717) is 18.7 Å². The Labute approximate surface area is 127 Å². The molecular weight excluding hydrogens is 296 g/mol. The Morgan fingerprint density at radius 2 is 2.33 bits per heavy atom. The number of likely N-dealkylation sites (tertiary alicyclic amines) is 1. The highest BCUT2D eigenvalue weighted by atomic mass is 35.5. The highest BCUT2D eigenvalue weighted by Crippen LogP contribution is 2.25. The standard InChI is InChI=1S/C14H17ClN2O4/c1-9(18)11-4-5-16(8-11)14(19)6-10-2-3-12(17(20)21)7-13(10)15/h2-3,7,9,11,18H,4-6,8H2,1H3. The maximum Gasteiger partial charge on any atom is 0.270 e. The van der Waals surface area contributed by atoms with E-state index in [1.807, 2.05) is 0 Å². The zero-order valence-corrected chi connectivity index (χ0v) is 12.4. The zero-order valence-electron chi connectivity index (χ0n) is 11.7. The summed E-state index contributed by atoms with van der Waals surface area (Å²) in [5, 5.41) is 20.4. The molecule has 1 N–H and O–H groups in total. The van der Waals surface area contributed by atoms with Crippen molar-refractivity contribution >= 4 is 23.2 Å². The molecule has 0 aromatic heterocycles. The van der Waals surface area contributed by atoms with Crippen molar-refractivity contribution < 1.29 is 14.8 Å². The number of aliphatic hydroxyl groups is 1. The Hall–Kier alpha value is -1.66. The molecule has 1 saturated heterocycles. The second-order valence-corrected chi connectivity index (χ2v) is 5.75. The van der Waals surface area contributed by atoms with Crippen LogP contribution >= 0.6 is 11.6 Å². The molecule has 1 fully saturated rings. The molecule has 1 aromatic carbocycles. The topological polar surface area (TPSA) is 83.7 Å². The first-order chi connectivity index (χ1) is 9.88. The van der Waals surface area contributed by atoms with Gasteiger partial charge in [-0.05, 0) is 18.9 Å². The first-order valence-electron chi connectivity index (χ1n) is 6.77. The predicted molar refractivity (Wildman–Crippen MR) is 78.2 cm³/mol. The fraction of sp³-hybridized carbons (Fsp3) is 0.500. The van der Waals surface area contributed by atoms with Crippen molar-refractivity contribution in [1.82, 2.24) is 4.90 Å². The maximum atomic E-state index is 12.2. The van der Waals surface area contributed by atoms with Crippen molar-refractivity contribution in [2.24, 2.45) is 5.92 Å². The second kappa shape index (κ2) is 6.41. The van der Waals surface area contributed by atoms with Gasteiger partial charge < -0.3 is 10.0 Å². The minimum atomic E-state index is -0.523. The lowest BCUT2D eigenvalue weighted by Crippen LogP contribution is -2.31. The molecule has 1 heterocycles. The minimum absolute atomic E-state index is 0.0751. The molecule has 0 aliphatic carbocycles. The number of carbonyl (C=O) groups excluding carboxylic acids is 1. The zero-order chi connectivity index (χ0) is 15.6. The number of non-ortho nitro benzene ring substituents is 1. The Balaban J connectivity index is 2.02. The van der Waals surface area contributed by atoms with Crippen molar-refractivity contribution in [3.63, 3.8) is 0 Å². The number of aliphatic hydroxyl groups excluding tert-OH is 1. The molecule has 0 spiro atoms. The number of carbonyl (C=O) groups is 1. The van der Waals surface area contributed by atoms with Gasteiger partial charge in [-0.15, -0.1) is 0 Å². The summed E-state index contributed by atoms with van der Waals surface area (Å²) in [6.45, 7) is 2.89. The maximum absolute atomic E-state index is 12.2. The molecule has 7 heteroatoms. The third-order valence-electron chi connectivity index (χ3n) is 3.85. The van der Waals surface area contributed by atoms with Crippen LogP contribution in [-0.4, -0.2) is 40.0 Å². The fourth-order valence-corrected chi connectivity index (χ4v) is 2.72. The van der Waals surface area contributed by atoms with Crippen molar-refractivity contribution in [2.75, 3.05) is 13.1 Å². The fourth-order valence-electron chi connectivity index (χ4n) is 2.48. The Kier molecular flexibility index (Phi) is 4.80. The van der Waals surface area contributed by atoms with Gasteiger partial charge in [-0.25, -0.2) is 0 Å². The van der Waals surface area contributed by atoms with Gasteiger partial charge in [0.2, 0.25) is 5.91 Å². The first kappa shape index (κ1) is 15.7. The van der Waals surface area contributed by atoms with Crippen LogP contribution in [-0.2, 0) is 11.2 Å². The van der Waals surface area contributed by atoms with E-state index in [1.165, 1.54) is 18.2 Å². The van der Waals surface area contributed by atoms with E-state index in [0.717, 1.165) is 6.42 Å². The highest BCUT2D eigenvalue weighted by molar-refractivity contribution is 6.31. The average Bonchev–Trinajstić information content (AvgIpc) is 2.90. The molecule has 1 aliphatic heterocycles. The first-order valence-corrected chi connectivity index (χ1v) is 7.15. The van der Waals surface area contributed by atoms with Crippen molar-refractivity contribution in [3.8, 4) is 0 Å². The van der Waals surface area contributed by atoms with Crippen LogP contribution in [0.5, 0.6) is 0 Å². The number of hydrogen-bond donors (Lipinski definition) is 1. The third kappa shape index (κ3) is 3.71. The summed E-state index contributed by atoms with van der Waals surface area (Å²) in [6, 6.07) is 4.12. The van der Waals surface area contributed by atoms with Crippen LogP contribution < -0.4 is 0 Å². The SMILES string of the molecule is CC(O)C1CCN(C(=O)Cc2ccc([N+](=O)[O-])cc2Cl)C1. The smallest absolute Gasteiger partial charge is 0.270 e. The van der Waals surface area contributed by atoms with Crippen LogP contribution in [0, 0.1) is 16.0 Å². The van der Waals surface area contributed by atoms with Gasteiger partial charge in [-0.2, -0.15) is 0 Å². The Morgan fingerprint density at radius 3 is 2.86 bits per heavy atom. The van der Waals surface area contributed by atoms with E-state index in [4.69, 9.17) is 11.6 Å². The van der Waals surface area contributed by atoms with Gasteiger partial charge in [0.15, 0.2) is 0 Å². The highest BCUT2D eigenvalue weighted by Gasteiger charge is 2.29. The van der Waals surface area contributed by atoms with Gasteiger partial charge in [-0.3, -0.25) is 14.9 Å². The van der Waals surface area contributed by atoms with E-state index in [2.05, 4.69) is 0 Å². The van der Waals surface area contributed by atoms with Crippen LogP contribution in [0.4, 0.5) is 5.69 Å². The third-order valence-corrected chi connectivity index (χ3v) is 4.20. The lowest BCUT2D eigenvalue weighted by atomic mass is 10.0. The Morgan fingerprint density at radius 1 is 1.62 bits per heavy atom. The molecule has 114 valence electrons. The van der Waals surface area contributed by atoms with Crippen LogP contribution in [0.3, 0.4) is 0 Å². The van der Waals surface area contributed by atoms with Crippen molar-refractivity contribution in [1.29, 1.82) is 0 Å². The summed E-state index contributed by atoms with van der Waals surface area (Å²) in [5.41, 5.74) is 0.485. The molecule has 2 rings (SSSR count). The summed E-state index contributed by atoms with van der Waals surface area (Å²) >= 11 is 5.99. The summed E-state index contributed by atoms with van der Waals surface area (Å²) in [6.07, 6.45) is 0.478. The number of nitrogens with zero attached hydrogens (tertiary/aromatic N) is 2. The normalized spacial score (nSPS) is 19.6. The molecular formula is C14H17ClN2O4. The molecule has 6 nitrogen and oxygen atoms in total. The lowest BCUT2D eigenvalue weighted by Gasteiger charge is -2.18. The van der Waals surface area contributed by atoms with Crippen LogP contribution in [0.1, 0.15) is 18.9 Å². The van der Waals surface area contributed by atoms with Gasteiger partial charge >= 0.3 is 0 Å². The van der Waals surface area contributed by atoms with E-state index >= 15 is 0 Å². The molecule has 2 unspecified atom stereocenters. The quantitative estimate of drug-likeness (QED) is 0.681. The van der Waals surface area contributed by atoms with E-state index < -0.39 is 11.0 Å². The molecule has 0 radical (unpaired) electrons. The molecule has 1 aromatic rings. The predicted octanol–water partition coefficient (Wildman–Crippen LogP) is 2.02. The lowest BCUT2D eigenvalue weighted by molar-refractivity contribution is -0.384. The van der Waals surface area contributed by atoms with E-state index in [-0.39, 0.29) is 29.0 Å².